The highest BCUT2D eigenvalue weighted by molar-refractivity contribution is 6.08. The van der Waals surface area contributed by atoms with Crippen molar-refractivity contribution >= 4 is 33.9 Å². The van der Waals surface area contributed by atoms with Gasteiger partial charge in [0.25, 0.3) is 0 Å². The van der Waals surface area contributed by atoms with Crippen molar-refractivity contribution in [1.82, 2.24) is 4.98 Å². The van der Waals surface area contributed by atoms with Crippen LogP contribution in [0.4, 0.5) is 0 Å². The van der Waals surface area contributed by atoms with Gasteiger partial charge in [0.05, 0.1) is 0 Å². The van der Waals surface area contributed by atoms with Crippen LogP contribution in [-0.4, -0.2) is 11.0 Å². The van der Waals surface area contributed by atoms with Gasteiger partial charge in [-0.1, -0.05) is 31.4 Å². The number of H-pyrrole nitrogens is 1. The molecule has 0 unspecified atom stereocenters. The molecule has 0 aliphatic rings. The van der Waals surface area contributed by atoms with Crippen molar-refractivity contribution in [2.75, 3.05) is 0 Å². The Bertz CT molecular complexity index is 887. The smallest absolute Gasteiger partial charge is 0.338 e. The van der Waals surface area contributed by atoms with Crippen molar-refractivity contribution in [2.24, 2.45) is 0 Å². The Morgan fingerprint density at radius 2 is 1.95 bits per heavy atom. The molecule has 0 saturated heterocycles. The number of ether oxygens (including phenoxy) is 1. The van der Waals surface area contributed by atoms with Crippen LogP contribution in [0.25, 0.3) is 27.9 Å². The molecule has 0 amide bonds. The van der Waals surface area contributed by atoms with Gasteiger partial charge in [0.1, 0.15) is 5.75 Å². The molecule has 104 valence electrons. The maximum Gasteiger partial charge on any atom is 0.338 e. The summed E-state index contributed by atoms with van der Waals surface area (Å²) in [5.41, 5.74) is 3.47. The first-order chi connectivity index (χ1) is 10.1. The van der Waals surface area contributed by atoms with Crippen molar-refractivity contribution in [1.29, 1.82) is 0 Å². The second-order valence-electron chi connectivity index (χ2n) is 5.01. The summed E-state index contributed by atoms with van der Waals surface area (Å²) in [6.07, 6.45) is 1.81. The summed E-state index contributed by atoms with van der Waals surface area (Å²) in [7, 11) is 0. The molecule has 0 radical (unpaired) electrons. The van der Waals surface area contributed by atoms with E-state index in [0.29, 0.717) is 11.3 Å². The monoisotopic (exact) mass is 277 g/mol. The molecule has 0 atom stereocenters. The highest BCUT2D eigenvalue weighted by Gasteiger charge is 2.09. The van der Waals surface area contributed by atoms with E-state index >= 15 is 0 Å². The van der Waals surface area contributed by atoms with Crippen LogP contribution < -0.4 is 4.74 Å². The van der Waals surface area contributed by atoms with Gasteiger partial charge in [-0.3, -0.25) is 0 Å². The number of esters is 1. The van der Waals surface area contributed by atoms with Crippen LogP contribution in [0.2, 0.25) is 0 Å². The molecule has 1 heterocycles. The first kappa shape index (κ1) is 13.2. The number of carbonyl (C=O) groups excluding carboxylic acids is 1. The molecule has 0 spiro atoms. The molecule has 3 nitrogen and oxygen atoms in total. The molecule has 0 aliphatic carbocycles. The molecule has 0 bridgehead atoms. The number of fused-ring (bicyclic) bond motifs is 3. The normalized spacial score (nSPS) is 10.7. The number of hydrogen-bond acceptors (Lipinski definition) is 2. The van der Waals surface area contributed by atoms with E-state index < -0.39 is 5.97 Å². The first-order valence-corrected chi connectivity index (χ1v) is 6.64. The minimum Gasteiger partial charge on any atom is -0.423 e. The van der Waals surface area contributed by atoms with Gasteiger partial charge in [-0.25, -0.2) is 4.79 Å². The predicted octanol–water partition coefficient (Wildman–Crippen LogP) is 4.45. The molecular weight excluding hydrogens is 262 g/mol. The van der Waals surface area contributed by atoms with Crippen LogP contribution in [-0.2, 0) is 4.79 Å². The number of rotatable bonds is 3. The van der Waals surface area contributed by atoms with E-state index in [1.54, 1.807) is 13.0 Å². The molecule has 1 aromatic heterocycles. The van der Waals surface area contributed by atoms with E-state index in [-0.39, 0.29) is 0 Å². The summed E-state index contributed by atoms with van der Waals surface area (Å²) in [5.74, 6) is 0.104. The predicted molar refractivity (Wildman–Crippen MR) is 86.3 cm³/mol. The average molecular weight is 277 g/mol. The van der Waals surface area contributed by atoms with Gasteiger partial charge in [0.2, 0.25) is 0 Å². The Kier molecular flexibility index (Phi) is 3.10. The highest BCUT2D eigenvalue weighted by atomic mass is 16.5. The zero-order valence-electron chi connectivity index (χ0n) is 11.8. The van der Waals surface area contributed by atoms with E-state index in [9.17, 15) is 4.79 Å². The van der Waals surface area contributed by atoms with Gasteiger partial charge in [-0.05, 0) is 36.8 Å². The molecule has 1 N–H and O–H groups in total. The van der Waals surface area contributed by atoms with E-state index in [4.69, 9.17) is 4.74 Å². The van der Waals surface area contributed by atoms with Crippen LogP contribution in [0.3, 0.4) is 0 Å². The second-order valence-corrected chi connectivity index (χ2v) is 5.01. The summed E-state index contributed by atoms with van der Waals surface area (Å²) < 4.78 is 5.28. The third-order valence-corrected chi connectivity index (χ3v) is 3.39. The van der Waals surface area contributed by atoms with Crippen molar-refractivity contribution in [3.8, 4) is 5.75 Å². The van der Waals surface area contributed by atoms with Gasteiger partial charge in [-0.15, -0.1) is 0 Å². The van der Waals surface area contributed by atoms with Crippen LogP contribution in [0.15, 0.2) is 55.1 Å². The van der Waals surface area contributed by atoms with Crippen LogP contribution in [0.5, 0.6) is 5.75 Å². The zero-order valence-corrected chi connectivity index (χ0v) is 11.8. The van der Waals surface area contributed by atoms with Crippen LogP contribution in [0.1, 0.15) is 12.5 Å². The molecule has 3 aromatic rings. The van der Waals surface area contributed by atoms with Crippen LogP contribution >= 0.6 is 0 Å². The largest absolute Gasteiger partial charge is 0.423 e. The topological polar surface area (TPSA) is 42.1 Å². The van der Waals surface area contributed by atoms with Gasteiger partial charge in [0, 0.05) is 27.4 Å². The number of hydrogen-bond donors (Lipinski definition) is 1. The number of carbonyl (C=O) groups is 1. The number of aromatic nitrogens is 1. The molecule has 21 heavy (non-hydrogen) atoms. The Labute approximate surface area is 122 Å². The third kappa shape index (κ3) is 2.34. The maximum absolute atomic E-state index is 11.6. The van der Waals surface area contributed by atoms with Crippen molar-refractivity contribution < 1.29 is 9.53 Å². The molecule has 3 heteroatoms. The van der Waals surface area contributed by atoms with Gasteiger partial charge in [0.15, 0.2) is 0 Å². The fourth-order valence-electron chi connectivity index (χ4n) is 2.29. The zero-order chi connectivity index (χ0) is 15.0. The summed E-state index contributed by atoms with van der Waals surface area (Å²) in [5, 5.41) is 2.11. The van der Waals surface area contributed by atoms with Crippen molar-refractivity contribution in [3.63, 3.8) is 0 Å². The van der Waals surface area contributed by atoms with E-state index in [1.807, 2.05) is 36.4 Å². The molecule has 0 fully saturated rings. The average Bonchev–Trinajstić information content (AvgIpc) is 2.84. The van der Waals surface area contributed by atoms with Gasteiger partial charge < -0.3 is 9.72 Å². The molecule has 0 aliphatic heterocycles. The van der Waals surface area contributed by atoms with Crippen molar-refractivity contribution in [3.05, 3.63) is 60.7 Å². The fraction of sp³-hybridized carbons (Fsp3) is 0.0556. The molecule has 0 saturated carbocycles. The number of nitrogens with one attached hydrogen (secondary N) is 1. The molecule has 2 aromatic carbocycles. The Balaban J connectivity index is 2.12. The first-order valence-electron chi connectivity index (χ1n) is 6.64. The lowest BCUT2D eigenvalue weighted by Crippen LogP contribution is -2.07. The summed E-state index contributed by atoms with van der Waals surface area (Å²) in [6, 6.07) is 11.6. The van der Waals surface area contributed by atoms with Crippen molar-refractivity contribution in [2.45, 2.75) is 6.92 Å². The lowest BCUT2D eigenvalue weighted by atomic mass is 10.1. The highest BCUT2D eigenvalue weighted by Crippen LogP contribution is 2.29. The Morgan fingerprint density at radius 1 is 1.14 bits per heavy atom. The van der Waals surface area contributed by atoms with E-state index in [1.165, 1.54) is 0 Å². The molecular formula is C18H15NO2. The standard InChI is InChI=1S/C18H15NO2/c1-4-12-5-7-14-15-10-13(21-18(20)11(2)3)6-8-16(15)19-17(14)9-12/h4-10,19H,1-2H2,3H3. The SMILES string of the molecule is C=Cc1ccc2c(c1)[nH]c1ccc(OC(=O)C(=C)C)cc12. The van der Waals surface area contributed by atoms with E-state index in [2.05, 4.69) is 18.1 Å². The Morgan fingerprint density at radius 3 is 2.67 bits per heavy atom. The summed E-state index contributed by atoms with van der Waals surface area (Å²) in [4.78, 5) is 14.9. The minimum atomic E-state index is -0.414. The minimum absolute atomic E-state index is 0.379. The summed E-state index contributed by atoms with van der Waals surface area (Å²) in [6.45, 7) is 8.99. The summed E-state index contributed by atoms with van der Waals surface area (Å²) >= 11 is 0. The lowest BCUT2D eigenvalue weighted by Gasteiger charge is -2.03. The molecule has 3 rings (SSSR count). The third-order valence-electron chi connectivity index (χ3n) is 3.39. The fourth-order valence-corrected chi connectivity index (χ4v) is 2.29. The number of aromatic amines is 1. The number of benzene rings is 2. The lowest BCUT2D eigenvalue weighted by molar-refractivity contribution is -0.130. The van der Waals surface area contributed by atoms with Gasteiger partial charge >= 0.3 is 5.97 Å². The second kappa shape index (κ2) is 4.94. The van der Waals surface area contributed by atoms with E-state index in [0.717, 1.165) is 27.4 Å². The van der Waals surface area contributed by atoms with Gasteiger partial charge in [-0.2, -0.15) is 0 Å². The van der Waals surface area contributed by atoms with Crippen LogP contribution in [0, 0.1) is 0 Å². The Hall–Kier alpha value is -2.81. The quantitative estimate of drug-likeness (QED) is 0.436. The maximum atomic E-state index is 11.6.